The molecule has 0 amide bonds. The zero-order valence-electron chi connectivity index (χ0n) is 7.43. The Morgan fingerprint density at radius 1 is 1.00 bits per heavy atom. The minimum atomic E-state index is 1.10. The molecule has 4 heteroatoms. The third-order valence-electron chi connectivity index (χ3n) is 1.31. The van der Waals surface area contributed by atoms with Gasteiger partial charge in [0, 0.05) is 11.5 Å². The van der Waals surface area contributed by atoms with E-state index in [-0.39, 0.29) is 0 Å². The molecule has 0 heterocycles. The van der Waals surface area contributed by atoms with Crippen molar-refractivity contribution in [2.45, 2.75) is 12.7 Å². The minimum Gasteiger partial charge on any atom is -0.0820 e. The summed E-state index contributed by atoms with van der Waals surface area (Å²) in [5, 5.41) is 0. The van der Waals surface area contributed by atoms with Crippen LogP contribution in [0.4, 0.5) is 0 Å². The second-order valence-corrected chi connectivity index (χ2v) is 8.58. The van der Waals surface area contributed by atoms with Crippen LogP contribution in [0, 0.1) is 0 Å². The second kappa shape index (κ2) is 7.97. The van der Waals surface area contributed by atoms with Crippen LogP contribution in [0.15, 0.2) is 30.3 Å². The van der Waals surface area contributed by atoms with Crippen molar-refractivity contribution in [2.24, 2.45) is 0 Å². The first-order chi connectivity index (χ1) is 6.43. The van der Waals surface area contributed by atoms with Crippen molar-refractivity contribution in [3.63, 3.8) is 0 Å². The molecule has 0 fully saturated rings. The topological polar surface area (TPSA) is 0 Å². The highest BCUT2D eigenvalue weighted by molar-refractivity contribution is 9.26. The van der Waals surface area contributed by atoms with Crippen LogP contribution in [0.2, 0.25) is 0 Å². The van der Waals surface area contributed by atoms with Crippen LogP contribution >= 0.6 is 41.2 Å². The van der Waals surface area contributed by atoms with Gasteiger partial charge in [0.2, 0.25) is 0 Å². The van der Waals surface area contributed by atoms with Crippen LogP contribution in [0.25, 0.3) is 0 Å². The first-order valence-corrected chi connectivity index (χ1v) is 9.20. The Hall–Kier alpha value is 0.620. The number of hydrogen-bond acceptors (Lipinski definition) is 4. The lowest BCUT2D eigenvalue weighted by atomic mass is 10.2. The van der Waals surface area contributed by atoms with Gasteiger partial charge in [-0.1, -0.05) is 58.8 Å². The van der Waals surface area contributed by atoms with Crippen molar-refractivity contribution in [1.29, 1.82) is 0 Å². The van der Waals surface area contributed by atoms with E-state index in [2.05, 4.69) is 37.3 Å². The molecule has 1 aromatic carbocycles. The summed E-state index contributed by atoms with van der Waals surface area (Å²) in [7, 11) is 7.54. The molecule has 1 rings (SSSR count). The van der Waals surface area contributed by atoms with Gasteiger partial charge in [-0.05, 0) is 25.2 Å². The Labute approximate surface area is 95.2 Å². The fraction of sp³-hybridized carbons (Fsp3) is 0.333. The van der Waals surface area contributed by atoms with E-state index >= 15 is 0 Å². The van der Waals surface area contributed by atoms with E-state index in [0.717, 1.165) is 5.75 Å². The molecule has 0 unspecified atom stereocenters. The maximum Gasteiger partial charge on any atom is 0.0297 e. The number of rotatable bonds is 6. The number of hydrogen-bond donors (Lipinski definition) is 0. The van der Waals surface area contributed by atoms with Gasteiger partial charge in [-0.15, -0.1) is 0 Å². The zero-order valence-corrected chi connectivity index (χ0v) is 10.7. The largest absolute Gasteiger partial charge is 0.0820 e. The molecule has 0 aromatic heterocycles. The average Bonchev–Trinajstić information content (AvgIpc) is 2.19. The van der Waals surface area contributed by atoms with Gasteiger partial charge in [0.25, 0.3) is 0 Å². The molecule has 0 aliphatic rings. The van der Waals surface area contributed by atoms with Crippen LogP contribution in [0.1, 0.15) is 12.5 Å². The molecule has 0 spiro atoms. The Morgan fingerprint density at radius 3 is 2.38 bits per heavy atom. The predicted molar refractivity (Wildman–Crippen MR) is 71.1 cm³/mol. The standard InChI is InChI=1S/C9H12S4/c1-2-10-12-13-11-8-9-6-4-3-5-7-9/h3-7H,2,8H2,1H3. The Morgan fingerprint density at radius 2 is 1.69 bits per heavy atom. The van der Waals surface area contributed by atoms with E-state index in [4.69, 9.17) is 0 Å². The smallest absolute Gasteiger partial charge is 0.0297 e. The predicted octanol–water partition coefficient (Wildman–Crippen LogP) is 4.88. The second-order valence-electron chi connectivity index (χ2n) is 2.29. The van der Waals surface area contributed by atoms with Gasteiger partial charge in [0.1, 0.15) is 0 Å². The maximum atomic E-state index is 2.18. The summed E-state index contributed by atoms with van der Waals surface area (Å²) in [6, 6.07) is 10.6. The molecule has 0 nitrogen and oxygen atoms in total. The summed E-state index contributed by atoms with van der Waals surface area (Å²) in [5.74, 6) is 2.28. The molecular weight excluding hydrogens is 236 g/mol. The lowest BCUT2D eigenvalue weighted by Crippen LogP contribution is -1.74. The molecule has 0 atom stereocenters. The molecule has 0 saturated carbocycles. The molecule has 0 bridgehead atoms. The highest BCUT2D eigenvalue weighted by Gasteiger charge is 1.93. The van der Waals surface area contributed by atoms with Crippen molar-refractivity contribution in [3.05, 3.63) is 35.9 Å². The van der Waals surface area contributed by atoms with E-state index in [0.29, 0.717) is 0 Å². The van der Waals surface area contributed by atoms with E-state index in [1.807, 2.05) is 41.2 Å². The highest BCUT2D eigenvalue weighted by Crippen LogP contribution is 2.43. The van der Waals surface area contributed by atoms with Gasteiger partial charge < -0.3 is 0 Å². The van der Waals surface area contributed by atoms with Crippen molar-refractivity contribution < 1.29 is 0 Å². The van der Waals surface area contributed by atoms with E-state index in [1.165, 1.54) is 11.3 Å². The van der Waals surface area contributed by atoms with Gasteiger partial charge in [-0.2, -0.15) is 0 Å². The molecule has 0 saturated heterocycles. The summed E-state index contributed by atoms with van der Waals surface area (Å²) >= 11 is 0. The minimum absolute atomic E-state index is 1.10. The lowest BCUT2D eigenvalue weighted by molar-refractivity contribution is 1.43. The van der Waals surface area contributed by atoms with E-state index < -0.39 is 0 Å². The molecule has 72 valence electrons. The van der Waals surface area contributed by atoms with Crippen molar-refractivity contribution in [2.75, 3.05) is 5.75 Å². The van der Waals surface area contributed by atoms with Gasteiger partial charge in [0.05, 0.1) is 0 Å². The molecule has 0 aliphatic heterocycles. The van der Waals surface area contributed by atoms with Crippen LogP contribution in [0.3, 0.4) is 0 Å². The normalized spacial score (nSPS) is 10.2. The first-order valence-electron chi connectivity index (χ1n) is 4.05. The summed E-state index contributed by atoms with van der Waals surface area (Å²) in [5.41, 5.74) is 1.40. The van der Waals surface area contributed by atoms with Gasteiger partial charge in [-0.3, -0.25) is 0 Å². The van der Waals surface area contributed by atoms with Crippen LogP contribution in [-0.2, 0) is 5.75 Å². The summed E-state index contributed by atoms with van der Waals surface area (Å²) < 4.78 is 0. The van der Waals surface area contributed by atoms with Crippen molar-refractivity contribution >= 4 is 41.2 Å². The van der Waals surface area contributed by atoms with Crippen LogP contribution in [0.5, 0.6) is 0 Å². The highest BCUT2D eigenvalue weighted by atomic mass is 33.7. The van der Waals surface area contributed by atoms with Crippen LogP contribution < -0.4 is 0 Å². The molecular formula is C9H12S4. The molecule has 0 radical (unpaired) electrons. The SMILES string of the molecule is CCSSSSCc1ccccc1. The van der Waals surface area contributed by atoms with Gasteiger partial charge in [-0.25, -0.2) is 0 Å². The third-order valence-corrected chi connectivity index (χ3v) is 7.78. The van der Waals surface area contributed by atoms with Crippen LogP contribution in [-0.4, -0.2) is 5.75 Å². The maximum absolute atomic E-state index is 2.18. The molecule has 13 heavy (non-hydrogen) atoms. The van der Waals surface area contributed by atoms with Crippen molar-refractivity contribution in [1.82, 2.24) is 0 Å². The lowest BCUT2D eigenvalue weighted by Gasteiger charge is -1.98. The molecule has 0 N–H and O–H groups in total. The quantitative estimate of drug-likeness (QED) is 0.519. The Balaban J connectivity index is 2.07. The first kappa shape index (κ1) is 11.7. The summed E-state index contributed by atoms with van der Waals surface area (Å²) in [6.07, 6.45) is 0. The Kier molecular flexibility index (Phi) is 7.17. The fourth-order valence-electron chi connectivity index (χ4n) is 0.754. The monoisotopic (exact) mass is 248 g/mol. The average molecular weight is 248 g/mol. The van der Waals surface area contributed by atoms with Crippen molar-refractivity contribution in [3.8, 4) is 0 Å². The van der Waals surface area contributed by atoms with Gasteiger partial charge in [0.15, 0.2) is 0 Å². The van der Waals surface area contributed by atoms with Gasteiger partial charge >= 0.3 is 0 Å². The Bertz CT molecular complexity index is 212. The third kappa shape index (κ3) is 5.83. The zero-order chi connectivity index (χ0) is 9.36. The summed E-state index contributed by atoms with van der Waals surface area (Å²) in [4.78, 5) is 0. The van der Waals surface area contributed by atoms with E-state index in [1.54, 1.807) is 0 Å². The molecule has 0 aliphatic carbocycles. The number of benzene rings is 1. The fourth-order valence-corrected chi connectivity index (χ4v) is 6.51. The van der Waals surface area contributed by atoms with E-state index in [9.17, 15) is 0 Å². The summed E-state index contributed by atoms with van der Waals surface area (Å²) in [6.45, 7) is 2.18. The molecule has 1 aromatic rings.